The molecular formula is C15H12N4O7. The van der Waals surface area contributed by atoms with Crippen molar-refractivity contribution in [3.8, 4) is 5.75 Å². The quantitative estimate of drug-likeness (QED) is 0.582. The van der Waals surface area contributed by atoms with E-state index >= 15 is 0 Å². The lowest BCUT2D eigenvalue weighted by Crippen LogP contribution is -2.43. The van der Waals surface area contributed by atoms with E-state index in [-0.39, 0.29) is 22.7 Å². The predicted octanol–water partition coefficient (Wildman–Crippen LogP) is 1.34. The molecular weight excluding hydrogens is 348 g/mol. The Hall–Kier alpha value is -4.02. The molecule has 134 valence electrons. The first-order chi connectivity index (χ1) is 12.4. The van der Waals surface area contributed by atoms with Crippen molar-refractivity contribution in [2.75, 3.05) is 6.61 Å². The van der Waals surface area contributed by atoms with E-state index in [1.165, 1.54) is 42.5 Å². The molecule has 11 nitrogen and oxygen atoms in total. The number of nitro benzene ring substituents is 2. The van der Waals surface area contributed by atoms with Crippen LogP contribution in [0, 0.1) is 20.2 Å². The Balaban J connectivity index is 1.89. The fraction of sp³-hybridized carbons (Fsp3) is 0.0667. The molecule has 0 aliphatic rings. The summed E-state index contributed by atoms with van der Waals surface area (Å²) in [5, 5.41) is 21.5. The average Bonchev–Trinajstić information content (AvgIpc) is 2.64. The fourth-order valence-electron chi connectivity index (χ4n) is 1.87. The first kappa shape index (κ1) is 18.3. The molecule has 26 heavy (non-hydrogen) atoms. The normalized spacial score (nSPS) is 9.85. The van der Waals surface area contributed by atoms with Gasteiger partial charge in [0, 0.05) is 23.8 Å². The molecule has 0 fully saturated rings. The van der Waals surface area contributed by atoms with Crippen LogP contribution in [0.25, 0.3) is 0 Å². The topological polar surface area (TPSA) is 154 Å². The van der Waals surface area contributed by atoms with Gasteiger partial charge in [0.15, 0.2) is 12.4 Å². The van der Waals surface area contributed by atoms with Crippen LogP contribution >= 0.6 is 0 Å². The van der Waals surface area contributed by atoms with Crippen LogP contribution in [0.15, 0.2) is 48.5 Å². The number of para-hydroxylation sites is 2. The van der Waals surface area contributed by atoms with E-state index < -0.39 is 28.3 Å². The third-order valence-corrected chi connectivity index (χ3v) is 3.06. The molecule has 2 amide bonds. The molecule has 2 aromatic carbocycles. The van der Waals surface area contributed by atoms with E-state index in [1.807, 2.05) is 5.43 Å². The summed E-state index contributed by atoms with van der Waals surface area (Å²) in [6.45, 7) is -0.583. The van der Waals surface area contributed by atoms with Crippen LogP contribution in [0.3, 0.4) is 0 Å². The molecule has 0 aromatic heterocycles. The van der Waals surface area contributed by atoms with Gasteiger partial charge in [0.25, 0.3) is 17.5 Å². The Kier molecular flexibility index (Phi) is 5.77. The second kappa shape index (κ2) is 8.19. The van der Waals surface area contributed by atoms with Crippen molar-refractivity contribution in [1.29, 1.82) is 0 Å². The molecule has 0 radical (unpaired) electrons. The lowest BCUT2D eigenvalue weighted by molar-refractivity contribution is -0.385. The van der Waals surface area contributed by atoms with Crippen LogP contribution in [-0.4, -0.2) is 28.3 Å². The van der Waals surface area contributed by atoms with Crippen LogP contribution in [0.4, 0.5) is 11.4 Å². The number of hydrogen-bond donors (Lipinski definition) is 2. The molecule has 11 heteroatoms. The van der Waals surface area contributed by atoms with Gasteiger partial charge in [-0.3, -0.25) is 40.7 Å². The highest BCUT2D eigenvalue weighted by atomic mass is 16.6. The van der Waals surface area contributed by atoms with E-state index in [9.17, 15) is 29.8 Å². The van der Waals surface area contributed by atoms with E-state index in [1.54, 1.807) is 0 Å². The zero-order valence-electron chi connectivity index (χ0n) is 13.1. The Morgan fingerprint density at radius 3 is 2.38 bits per heavy atom. The number of nitro groups is 2. The molecule has 2 aromatic rings. The zero-order valence-corrected chi connectivity index (χ0v) is 13.1. The van der Waals surface area contributed by atoms with E-state index in [0.29, 0.717) is 0 Å². The summed E-state index contributed by atoms with van der Waals surface area (Å²) >= 11 is 0. The highest BCUT2D eigenvalue weighted by Crippen LogP contribution is 2.25. The molecule has 2 N–H and O–H groups in total. The lowest BCUT2D eigenvalue weighted by Gasteiger charge is -2.09. The van der Waals surface area contributed by atoms with Crippen molar-refractivity contribution in [1.82, 2.24) is 10.9 Å². The maximum absolute atomic E-state index is 11.9. The van der Waals surface area contributed by atoms with E-state index in [2.05, 4.69) is 5.43 Å². The van der Waals surface area contributed by atoms with Crippen LogP contribution in [0.5, 0.6) is 5.75 Å². The summed E-state index contributed by atoms with van der Waals surface area (Å²) in [5.41, 5.74) is 3.50. The lowest BCUT2D eigenvalue weighted by atomic mass is 10.2. The molecule has 0 saturated carbocycles. The van der Waals surface area contributed by atoms with Crippen molar-refractivity contribution in [2.24, 2.45) is 0 Å². The molecule has 0 aliphatic heterocycles. The average molecular weight is 360 g/mol. The Morgan fingerprint density at radius 2 is 1.69 bits per heavy atom. The van der Waals surface area contributed by atoms with Crippen LogP contribution in [-0.2, 0) is 4.79 Å². The number of hydrogen-bond acceptors (Lipinski definition) is 7. The largest absolute Gasteiger partial charge is 0.477 e. The molecule has 0 spiro atoms. The number of rotatable bonds is 6. The number of carbonyl (C=O) groups is 2. The van der Waals surface area contributed by atoms with Gasteiger partial charge in [0.1, 0.15) is 0 Å². The third-order valence-electron chi connectivity index (χ3n) is 3.06. The summed E-state index contributed by atoms with van der Waals surface area (Å²) in [4.78, 5) is 43.7. The summed E-state index contributed by atoms with van der Waals surface area (Å²) < 4.78 is 5.05. The van der Waals surface area contributed by atoms with Crippen LogP contribution in [0.1, 0.15) is 10.4 Å². The SMILES string of the molecule is O=C(COc1ccccc1[N+](=O)[O-])NNC(=O)c1cccc([N+](=O)[O-])c1. The molecule has 2 rings (SSSR count). The first-order valence-corrected chi connectivity index (χ1v) is 7.08. The smallest absolute Gasteiger partial charge is 0.310 e. The Labute approximate surface area is 145 Å². The van der Waals surface area contributed by atoms with Gasteiger partial charge in [-0.1, -0.05) is 18.2 Å². The minimum Gasteiger partial charge on any atom is -0.477 e. The van der Waals surface area contributed by atoms with E-state index in [0.717, 1.165) is 6.07 Å². The number of nitrogens with zero attached hydrogens (tertiary/aromatic N) is 2. The van der Waals surface area contributed by atoms with Crippen molar-refractivity contribution in [3.63, 3.8) is 0 Å². The maximum atomic E-state index is 11.9. The van der Waals surface area contributed by atoms with Crippen molar-refractivity contribution in [3.05, 3.63) is 74.3 Å². The van der Waals surface area contributed by atoms with Gasteiger partial charge in [-0.15, -0.1) is 0 Å². The van der Waals surface area contributed by atoms with Gasteiger partial charge in [0.05, 0.1) is 9.85 Å². The first-order valence-electron chi connectivity index (χ1n) is 7.08. The molecule has 0 atom stereocenters. The summed E-state index contributed by atoms with van der Waals surface area (Å²) in [6, 6.07) is 10.4. The number of nitrogens with one attached hydrogen (secondary N) is 2. The minimum absolute atomic E-state index is 0.0286. The monoisotopic (exact) mass is 360 g/mol. The number of hydrazine groups is 1. The number of carbonyl (C=O) groups excluding carboxylic acids is 2. The van der Waals surface area contributed by atoms with Crippen LogP contribution < -0.4 is 15.6 Å². The zero-order chi connectivity index (χ0) is 19.1. The Morgan fingerprint density at radius 1 is 0.962 bits per heavy atom. The number of amides is 2. The van der Waals surface area contributed by atoms with Crippen LogP contribution in [0.2, 0.25) is 0 Å². The maximum Gasteiger partial charge on any atom is 0.310 e. The Bertz CT molecular complexity index is 869. The van der Waals surface area contributed by atoms with Crippen molar-refractivity contribution >= 4 is 23.2 Å². The van der Waals surface area contributed by atoms with Crippen molar-refractivity contribution < 1.29 is 24.2 Å². The minimum atomic E-state index is -0.776. The standard InChI is InChI=1S/C15H12N4O7/c20-14(9-26-13-7-2-1-6-12(13)19(24)25)16-17-15(21)10-4-3-5-11(8-10)18(22)23/h1-8H,9H2,(H,16,20)(H,17,21). The van der Waals surface area contributed by atoms with Gasteiger partial charge >= 0.3 is 5.69 Å². The second-order valence-corrected chi connectivity index (χ2v) is 4.82. The van der Waals surface area contributed by atoms with Gasteiger partial charge in [-0.2, -0.15) is 0 Å². The molecule has 0 bridgehead atoms. The third kappa shape index (κ3) is 4.74. The molecule has 0 saturated heterocycles. The summed E-state index contributed by atoms with van der Waals surface area (Å²) in [5.74, 6) is -1.65. The fourth-order valence-corrected chi connectivity index (χ4v) is 1.87. The highest BCUT2D eigenvalue weighted by molar-refractivity contribution is 5.96. The summed E-state index contributed by atoms with van der Waals surface area (Å²) in [7, 11) is 0. The molecule has 0 heterocycles. The highest BCUT2D eigenvalue weighted by Gasteiger charge is 2.16. The van der Waals surface area contributed by atoms with Gasteiger partial charge < -0.3 is 4.74 Å². The number of non-ortho nitro benzene ring substituents is 1. The van der Waals surface area contributed by atoms with Gasteiger partial charge in [-0.25, -0.2) is 0 Å². The van der Waals surface area contributed by atoms with E-state index in [4.69, 9.17) is 4.74 Å². The second-order valence-electron chi connectivity index (χ2n) is 4.82. The summed E-state index contributed by atoms with van der Waals surface area (Å²) in [6.07, 6.45) is 0. The van der Waals surface area contributed by atoms with Crippen molar-refractivity contribution in [2.45, 2.75) is 0 Å². The van der Waals surface area contributed by atoms with Gasteiger partial charge in [-0.05, 0) is 12.1 Å². The van der Waals surface area contributed by atoms with Gasteiger partial charge in [0.2, 0.25) is 0 Å². The number of ether oxygens (including phenoxy) is 1. The molecule has 0 unspecified atom stereocenters. The molecule has 0 aliphatic carbocycles. The number of benzene rings is 2. The predicted molar refractivity (Wildman–Crippen MR) is 87.3 cm³/mol.